The highest BCUT2D eigenvalue weighted by Gasteiger charge is 2.35. The van der Waals surface area contributed by atoms with Gasteiger partial charge in [-0.15, -0.1) is 0 Å². The van der Waals surface area contributed by atoms with E-state index in [1.54, 1.807) is 6.08 Å². The van der Waals surface area contributed by atoms with Gasteiger partial charge < -0.3 is 15.4 Å². The fourth-order valence-corrected chi connectivity index (χ4v) is 4.83. The molecular weight excluding hydrogens is 417 g/mol. The molecule has 1 aliphatic heterocycles. The quantitative estimate of drug-likeness (QED) is 0.614. The van der Waals surface area contributed by atoms with Crippen LogP contribution in [0, 0.1) is 0 Å². The average Bonchev–Trinajstić information content (AvgIpc) is 3.06. The van der Waals surface area contributed by atoms with E-state index in [0.29, 0.717) is 24.2 Å². The molecule has 1 atom stereocenters. The van der Waals surface area contributed by atoms with E-state index in [9.17, 15) is 23.1 Å². The van der Waals surface area contributed by atoms with Crippen LogP contribution in [0.2, 0.25) is 5.02 Å². The number of carboxylic acids is 1. The summed E-state index contributed by atoms with van der Waals surface area (Å²) in [7, 11) is 0. The maximum Gasteiger partial charge on any atom is 0.416 e. The van der Waals surface area contributed by atoms with Crippen LogP contribution in [0.3, 0.4) is 0 Å². The van der Waals surface area contributed by atoms with Crippen LogP contribution in [-0.2, 0) is 30.2 Å². The summed E-state index contributed by atoms with van der Waals surface area (Å²) in [5.74, 6) is -0.960. The molecule has 0 bridgehead atoms. The molecule has 0 saturated carbocycles. The number of benzene rings is 1. The molecule has 0 radical (unpaired) electrons. The van der Waals surface area contributed by atoms with Crippen molar-refractivity contribution in [1.82, 2.24) is 10.3 Å². The van der Waals surface area contributed by atoms with Gasteiger partial charge in [0.25, 0.3) is 0 Å². The highest BCUT2D eigenvalue weighted by atomic mass is 35.5. The van der Waals surface area contributed by atoms with E-state index in [1.165, 1.54) is 12.1 Å². The van der Waals surface area contributed by atoms with E-state index in [1.807, 2.05) is 0 Å². The molecule has 1 unspecified atom stereocenters. The van der Waals surface area contributed by atoms with Crippen molar-refractivity contribution in [3.63, 3.8) is 0 Å². The molecule has 30 heavy (non-hydrogen) atoms. The average molecular weight is 439 g/mol. The van der Waals surface area contributed by atoms with Crippen molar-refractivity contribution >= 4 is 17.6 Å². The number of aryl methyl sites for hydroxylation is 1. The zero-order chi connectivity index (χ0) is 21.5. The Morgan fingerprint density at radius 1 is 1.23 bits per heavy atom. The molecule has 1 aliphatic carbocycles. The molecule has 4 nitrogen and oxygen atoms in total. The lowest BCUT2D eigenvalue weighted by Crippen LogP contribution is -2.29. The number of fused-ring (bicyclic) bond motifs is 1. The number of aromatic amines is 1. The monoisotopic (exact) mass is 438 g/mol. The van der Waals surface area contributed by atoms with E-state index in [2.05, 4.69) is 10.3 Å². The number of alkyl halides is 3. The number of halogens is 4. The van der Waals surface area contributed by atoms with Crippen molar-refractivity contribution < 1.29 is 23.1 Å². The van der Waals surface area contributed by atoms with Crippen molar-refractivity contribution in [2.45, 2.75) is 50.7 Å². The number of hydrogen-bond acceptors (Lipinski definition) is 2. The Morgan fingerprint density at radius 3 is 2.73 bits per heavy atom. The standard InChI is InChI=1S/C22H22ClF3N2O2/c23-16-6-3-5-15(22(24,25)26)14(16)11-19-20(13-4-1-2-7-17(13)28-19)18-10-12(21(29)30)8-9-27-18/h3,5-6,8,18,27-28H,1-2,4,7,9-11H2,(H,29,30). The first kappa shape index (κ1) is 21.0. The Bertz CT molecular complexity index is 1010. The van der Waals surface area contributed by atoms with Crippen LogP contribution in [0.5, 0.6) is 0 Å². The van der Waals surface area contributed by atoms with E-state index in [0.717, 1.165) is 48.6 Å². The van der Waals surface area contributed by atoms with Crippen molar-refractivity contribution in [2.24, 2.45) is 0 Å². The minimum atomic E-state index is -4.51. The molecule has 2 aromatic rings. The second-order valence-corrected chi connectivity index (χ2v) is 8.23. The number of H-pyrrole nitrogens is 1. The van der Waals surface area contributed by atoms with Gasteiger partial charge in [-0.05, 0) is 60.9 Å². The molecule has 8 heteroatoms. The zero-order valence-corrected chi connectivity index (χ0v) is 17.0. The Balaban J connectivity index is 1.78. The Morgan fingerprint density at radius 2 is 2.00 bits per heavy atom. The lowest BCUT2D eigenvalue weighted by molar-refractivity contribution is -0.138. The summed E-state index contributed by atoms with van der Waals surface area (Å²) in [5.41, 5.74) is 3.37. The maximum atomic E-state index is 13.6. The summed E-state index contributed by atoms with van der Waals surface area (Å²) in [6, 6.07) is 3.57. The third-order valence-corrected chi connectivity index (χ3v) is 6.31. The van der Waals surface area contributed by atoms with Gasteiger partial charge in [-0.25, -0.2) is 4.79 Å². The second-order valence-electron chi connectivity index (χ2n) is 7.82. The summed E-state index contributed by atoms with van der Waals surface area (Å²) in [4.78, 5) is 14.9. The SMILES string of the molecule is O=C(O)C1=CCNC(c2c(Cc3c(Cl)cccc3C(F)(F)F)[nH]c3c2CCCC3)C1. The molecule has 0 spiro atoms. The van der Waals surface area contributed by atoms with E-state index in [-0.39, 0.29) is 23.0 Å². The third kappa shape index (κ3) is 4.01. The minimum Gasteiger partial charge on any atom is -0.478 e. The van der Waals surface area contributed by atoms with Crippen LogP contribution in [0.1, 0.15) is 58.9 Å². The molecule has 0 amide bonds. The molecule has 0 fully saturated rings. The largest absolute Gasteiger partial charge is 0.478 e. The van der Waals surface area contributed by atoms with Crippen LogP contribution >= 0.6 is 11.6 Å². The van der Waals surface area contributed by atoms with Gasteiger partial charge in [0.05, 0.1) is 5.56 Å². The molecule has 2 aliphatic rings. The summed E-state index contributed by atoms with van der Waals surface area (Å²) in [6.07, 6.45) is 1.15. The van der Waals surface area contributed by atoms with Crippen LogP contribution < -0.4 is 5.32 Å². The number of hydrogen-bond donors (Lipinski definition) is 3. The Kier molecular flexibility index (Phi) is 5.68. The molecule has 3 N–H and O–H groups in total. The van der Waals surface area contributed by atoms with Crippen LogP contribution in [0.15, 0.2) is 29.8 Å². The third-order valence-electron chi connectivity index (χ3n) is 5.96. The van der Waals surface area contributed by atoms with E-state index in [4.69, 9.17) is 11.6 Å². The zero-order valence-electron chi connectivity index (χ0n) is 16.2. The van der Waals surface area contributed by atoms with Crippen LogP contribution in [-0.4, -0.2) is 22.6 Å². The lowest BCUT2D eigenvalue weighted by Gasteiger charge is -2.26. The van der Waals surface area contributed by atoms with Crippen molar-refractivity contribution in [3.05, 3.63) is 68.5 Å². The number of aliphatic carboxylic acids is 1. The van der Waals surface area contributed by atoms with Gasteiger partial charge in [-0.3, -0.25) is 0 Å². The first-order valence-corrected chi connectivity index (χ1v) is 10.4. The van der Waals surface area contributed by atoms with Gasteiger partial charge in [-0.2, -0.15) is 13.2 Å². The predicted octanol–water partition coefficient (Wildman–Crippen LogP) is 5.20. The lowest BCUT2D eigenvalue weighted by atomic mass is 9.86. The highest BCUT2D eigenvalue weighted by molar-refractivity contribution is 6.31. The van der Waals surface area contributed by atoms with Crippen LogP contribution in [0.25, 0.3) is 0 Å². The summed E-state index contributed by atoms with van der Waals surface area (Å²) >= 11 is 6.20. The van der Waals surface area contributed by atoms with Gasteiger partial charge in [0, 0.05) is 41.0 Å². The van der Waals surface area contributed by atoms with Crippen molar-refractivity contribution in [1.29, 1.82) is 0 Å². The smallest absolute Gasteiger partial charge is 0.416 e. The van der Waals surface area contributed by atoms with Crippen molar-refractivity contribution in [2.75, 3.05) is 6.54 Å². The van der Waals surface area contributed by atoms with Gasteiger partial charge in [0.2, 0.25) is 0 Å². The molecule has 4 rings (SSSR count). The van der Waals surface area contributed by atoms with Crippen LogP contribution in [0.4, 0.5) is 13.2 Å². The van der Waals surface area contributed by atoms with Crippen molar-refractivity contribution in [3.8, 4) is 0 Å². The minimum absolute atomic E-state index is 0.0150. The predicted molar refractivity (Wildman–Crippen MR) is 108 cm³/mol. The molecule has 2 heterocycles. The number of carboxylic acid groups (broad SMARTS) is 1. The van der Waals surface area contributed by atoms with Gasteiger partial charge in [-0.1, -0.05) is 23.7 Å². The van der Waals surface area contributed by atoms with E-state index >= 15 is 0 Å². The highest BCUT2D eigenvalue weighted by Crippen LogP contribution is 2.40. The fourth-order valence-electron chi connectivity index (χ4n) is 4.59. The summed E-state index contributed by atoms with van der Waals surface area (Å²) in [5, 5.41) is 12.8. The first-order chi connectivity index (χ1) is 14.3. The summed E-state index contributed by atoms with van der Waals surface area (Å²) in [6.45, 7) is 0.408. The number of carbonyl (C=O) groups is 1. The molecule has 1 aromatic carbocycles. The maximum absolute atomic E-state index is 13.6. The van der Waals surface area contributed by atoms with Gasteiger partial charge in [0.1, 0.15) is 0 Å². The van der Waals surface area contributed by atoms with Gasteiger partial charge in [0.15, 0.2) is 0 Å². The molecule has 1 aromatic heterocycles. The number of aromatic nitrogens is 1. The topological polar surface area (TPSA) is 65.1 Å². The summed E-state index contributed by atoms with van der Waals surface area (Å²) < 4.78 is 40.8. The molecule has 160 valence electrons. The Labute approximate surface area is 177 Å². The van der Waals surface area contributed by atoms with Gasteiger partial charge >= 0.3 is 12.1 Å². The molecular formula is C22H22ClF3N2O2. The second kappa shape index (κ2) is 8.12. The first-order valence-electron chi connectivity index (χ1n) is 9.98. The number of rotatable bonds is 4. The Hall–Kier alpha value is -2.25. The normalized spacial score (nSPS) is 19.3. The fraction of sp³-hybridized carbons (Fsp3) is 0.409. The number of nitrogens with one attached hydrogen (secondary N) is 2. The molecule has 0 saturated heterocycles. The van der Waals surface area contributed by atoms with E-state index < -0.39 is 17.7 Å².